The fraction of sp³-hybridized carbons (Fsp3) is 0.250. The number of nitrogens with zero attached hydrogens (tertiary/aromatic N) is 2. The molecule has 1 unspecified atom stereocenters. The average molecular weight is 349 g/mol. The first kappa shape index (κ1) is 17.5. The summed E-state index contributed by atoms with van der Waals surface area (Å²) < 4.78 is 5.78. The van der Waals surface area contributed by atoms with E-state index in [4.69, 9.17) is 10.00 Å². The molecule has 0 bridgehead atoms. The van der Waals surface area contributed by atoms with Crippen molar-refractivity contribution in [3.05, 3.63) is 59.7 Å². The van der Waals surface area contributed by atoms with Crippen molar-refractivity contribution in [3.8, 4) is 17.6 Å². The van der Waals surface area contributed by atoms with Crippen LogP contribution in [0.25, 0.3) is 0 Å². The largest absolute Gasteiger partial charge is 0.457 e. The first-order valence-electron chi connectivity index (χ1n) is 8.42. The summed E-state index contributed by atoms with van der Waals surface area (Å²) in [6.45, 7) is 2.81. The first-order valence-corrected chi connectivity index (χ1v) is 8.42. The summed E-state index contributed by atoms with van der Waals surface area (Å²) in [6, 6.07) is 15.6. The van der Waals surface area contributed by atoms with Crippen molar-refractivity contribution in [2.45, 2.75) is 19.4 Å². The molecule has 0 saturated carbocycles. The van der Waals surface area contributed by atoms with Crippen LogP contribution < -0.4 is 10.1 Å². The van der Waals surface area contributed by atoms with Crippen molar-refractivity contribution in [3.63, 3.8) is 0 Å². The molecule has 6 heteroatoms. The minimum atomic E-state index is -0.159. The van der Waals surface area contributed by atoms with E-state index in [9.17, 15) is 9.59 Å². The predicted octanol–water partition coefficient (Wildman–Crippen LogP) is 2.70. The van der Waals surface area contributed by atoms with E-state index in [1.54, 1.807) is 53.4 Å². The first-order chi connectivity index (χ1) is 12.6. The Morgan fingerprint density at radius 2 is 2.00 bits per heavy atom. The average Bonchev–Trinajstić information content (AvgIpc) is 2.82. The summed E-state index contributed by atoms with van der Waals surface area (Å²) in [7, 11) is 0. The third-order valence-electron chi connectivity index (χ3n) is 4.25. The van der Waals surface area contributed by atoms with E-state index < -0.39 is 0 Å². The maximum atomic E-state index is 12.9. The van der Waals surface area contributed by atoms with Crippen molar-refractivity contribution in [2.75, 3.05) is 13.1 Å². The molecule has 0 aromatic heterocycles. The van der Waals surface area contributed by atoms with Crippen molar-refractivity contribution in [2.24, 2.45) is 0 Å². The Kier molecular flexibility index (Phi) is 5.18. The fourth-order valence-electron chi connectivity index (χ4n) is 2.88. The SMILES string of the molecule is CC1CC(=O)NCCN1C(=O)c1cccc(Oc2ccc(C#N)cc2)c1. The second-order valence-corrected chi connectivity index (χ2v) is 6.17. The Morgan fingerprint density at radius 3 is 2.73 bits per heavy atom. The van der Waals surface area contributed by atoms with Crippen molar-refractivity contribution < 1.29 is 14.3 Å². The van der Waals surface area contributed by atoms with Gasteiger partial charge < -0.3 is 15.0 Å². The van der Waals surface area contributed by atoms with Gasteiger partial charge in [0.25, 0.3) is 5.91 Å². The zero-order valence-corrected chi connectivity index (χ0v) is 14.4. The van der Waals surface area contributed by atoms with Gasteiger partial charge in [0.05, 0.1) is 11.6 Å². The Balaban J connectivity index is 1.76. The van der Waals surface area contributed by atoms with Crippen LogP contribution in [0, 0.1) is 11.3 Å². The van der Waals surface area contributed by atoms with Gasteiger partial charge in [-0.05, 0) is 49.4 Å². The lowest BCUT2D eigenvalue weighted by atomic mass is 10.1. The van der Waals surface area contributed by atoms with Gasteiger partial charge in [-0.2, -0.15) is 5.26 Å². The summed E-state index contributed by atoms with van der Waals surface area (Å²) in [5.41, 5.74) is 1.07. The summed E-state index contributed by atoms with van der Waals surface area (Å²) in [5.74, 6) is 0.966. The minimum absolute atomic E-state index is 0.0364. The minimum Gasteiger partial charge on any atom is -0.457 e. The van der Waals surface area contributed by atoms with E-state index in [1.807, 2.05) is 6.92 Å². The van der Waals surface area contributed by atoms with Gasteiger partial charge >= 0.3 is 0 Å². The highest BCUT2D eigenvalue weighted by Crippen LogP contribution is 2.24. The number of hydrogen-bond donors (Lipinski definition) is 1. The maximum Gasteiger partial charge on any atom is 0.254 e. The van der Waals surface area contributed by atoms with Gasteiger partial charge in [-0.1, -0.05) is 6.07 Å². The fourth-order valence-corrected chi connectivity index (χ4v) is 2.88. The molecule has 132 valence electrons. The highest BCUT2D eigenvalue weighted by Gasteiger charge is 2.26. The van der Waals surface area contributed by atoms with E-state index in [1.165, 1.54) is 0 Å². The van der Waals surface area contributed by atoms with Crippen molar-refractivity contribution in [1.82, 2.24) is 10.2 Å². The summed E-state index contributed by atoms with van der Waals surface area (Å²) >= 11 is 0. The molecule has 1 N–H and O–H groups in total. The number of carbonyl (C=O) groups excluding carboxylic acids is 2. The molecule has 1 aliphatic heterocycles. The van der Waals surface area contributed by atoms with Crippen LogP contribution in [-0.2, 0) is 4.79 Å². The summed E-state index contributed by atoms with van der Waals surface area (Å²) in [4.78, 5) is 26.2. The molecule has 1 atom stereocenters. The van der Waals surface area contributed by atoms with Crippen LogP contribution in [0.1, 0.15) is 29.3 Å². The molecule has 1 saturated heterocycles. The smallest absolute Gasteiger partial charge is 0.254 e. The monoisotopic (exact) mass is 349 g/mol. The third kappa shape index (κ3) is 4.01. The lowest BCUT2D eigenvalue weighted by molar-refractivity contribution is -0.121. The van der Waals surface area contributed by atoms with Gasteiger partial charge in [0.15, 0.2) is 0 Å². The Bertz CT molecular complexity index is 855. The van der Waals surface area contributed by atoms with E-state index in [0.29, 0.717) is 42.1 Å². The molecule has 0 aliphatic carbocycles. The lowest BCUT2D eigenvalue weighted by Gasteiger charge is -2.26. The van der Waals surface area contributed by atoms with Crippen LogP contribution >= 0.6 is 0 Å². The van der Waals surface area contributed by atoms with Gasteiger partial charge in [0.1, 0.15) is 11.5 Å². The number of nitrogens with one attached hydrogen (secondary N) is 1. The molecule has 0 radical (unpaired) electrons. The molecule has 26 heavy (non-hydrogen) atoms. The molecule has 6 nitrogen and oxygen atoms in total. The molecule has 2 aromatic rings. The van der Waals surface area contributed by atoms with E-state index in [0.717, 1.165) is 0 Å². The molecule has 1 heterocycles. The van der Waals surface area contributed by atoms with Crippen molar-refractivity contribution in [1.29, 1.82) is 5.26 Å². The van der Waals surface area contributed by atoms with Gasteiger partial charge in [0.2, 0.25) is 5.91 Å². The predicted molar refractivity (Wildman–Crippen MR) is 95.8 cm³/mol. The molecule has 1 aliphatic rings. The van der Waals surface area contributed by atoms with Crippen molar-refractivity contribution >= 4 is 11.8 Å². The van der Waals surface area contributed by atoms with E-state index in [-0.39, 0.29) is 17.9 Å². The number of ether oxygens (including phenoxy) is 1. The number of carbonyl (C=O) groups is 2. The number of rotatable bonds is 3. The molecule has 1 fully saturated rings. The van der Waals surface area contributed by atoms with Crippen LogP contribution in [-0.4, -0.2) is 35.8 Å². The Labute approximate surface area is 152 Å². The number of benzene rings is 2. The molecule has 2 amide bonds. The highest BCUT2D eigenvalue weighted by molar-refractivity contribution is 5.95. The van der Waals surface area contributed by atoms with Gasteiger partial charge in [-0.3, -0.25) is 9.59 Å². The number of amides is 2. The zero-order chi connectivity index (χ0) is 18.5. The van der Waals surface area contributed by atoms with Gasteiger partial charge in [0, 0.05) is 31.1 Å². The summed E-state index contributed by atoms with van der Waals surface area (Å²) in [6.07, 6.45) is 0.299. The normalized spacial score (nSPS) is 17.0. The highest BCUT2D eigenvalue weighted by atomic mass is 16.5. The van der Waals surface area contributed by atoms with Crippen LogP contribution in [0.2, 0.25) is 0 Å². The lowest BCUT2D eigenvalue weighted by Crippen LogP contribution is -2.39. The standard InChI is InChI=1S/C20H19N3O3/c1-14-11-19(24)22-9-10-23(14)20(25)16-3-2-4-18(12-16)26-17-7-5-15(13-21)6-8-17/h2-8,12,14H,9-11H2,1H3,(H,22,24). The second-order valence-electron chi connectivity index (χ2n) is 6.17. The number of hydrogen-bond acceptors (Lipinski definition) is 4. The van der Waals surface area contributed by atoms with Crippen LogP contribution in [0.15, 0.2) is 48.5 Å². The Morgan fingerprint density at radius 1 is 1.23 bits per heavy atom. The van der Waals surface area contributed by atoms with Gasteiger partial charge in [-0.25, -0.2) is 0 Å². The molecule has 0 spiro atoms. The van der Waals surface area contributed by atoms with E-state index >= 15 is 0 Å². The molecular weight excluding hydrogens is 330 g/mol. The maximum absolute atomic E-state index is 12.9. The third-order valence-corrected chi connectivity index (χ3v) is 4.25. The summed E-state index contributed by atoms with van der Waals surface area (Å²) in [5, 5.41) is 11.6. The van der Waals surface area contributed by atoms with E-state index in [2.05, 4.69) is 11.4 Å². The second kappa shape index (κ2) is 7.70. The van der Waals surface area contributed by atoms with Crippen LogP contribution in [0.4, 0.5) is 0 Å². The molecule has 3 rings (SSSR count). The number of nitriles is 1. The zero-order valence-electron chi connectivity index (χ0n) is 14.4. The van der Waals surface area contributed by atoms with Crippen LogP contribution in [0.5, 0.6) is 11.5 Å². The molecular formula is C20H19N3O3. The Hall–Kier alpha value is -3.33. The molecule has 2 aromatic carbocycles. The van der Waals surface area contributed by atoms with Gasteiger partial charge in [-0.15, -0.1) is 0 Å². The quantitative estimate of drug-likeness (QED) is 0.923. The van der Waals surface area contributed by atoms with Crippen LogP contribution in [0.3, 0.4) is 0 Å². The topological polar surface area (TPSA) is 82.4 Å².